The molecule has 0 aliphatic heterocycles. The SMILES string of the molecule is Cc1ccccc1OCC(=O)NC1CCCC(C(=O)O)C1. The van der Waals surface area contributed by atoms with E-state index in [-0.39, 0.29) is 24.5 Å². The Morgan fingerprint density at radius 2 is 2.10 bits per heavy atom. The lowest BCUT2D eigenvalue weighted by Gasteiger charge is -2.27. The summed E-state index contributed by atoms with van der Waals surface area (Å²) in [7, 11) is 0. The molecule has 2 N–H and O–H groups in total. The third-order valence-corrected chi connectivity index (χ3v) is 3.84. The molecule has 1 aromatic rings. The van der Waals surface area contributed by atoms with Crippen molar-refractivity contribution in [3.05, 3.63) is 29.8 Å². The van der Waals surface area contributed by atoms with Crippen molar-refractivity contribution in [1.82, 2.24) is 5.32 Å². The minimum absolute atomic E-state index is 0.0426. The van der Waals surface area contributed by atoms with Gasteiger partial charge >= 0.3 is 5.97 Å². The molecule has 5 heteroatoms. The van der Waals surface area contributed by atoms with Crippen LogP contribution in [0.25, 0.3) is 0 Å². The van der Waals surface area contributed by atoms with Crippen LogP contribution in [0, 0.1) is 12.8 Å². The summed E-state index contributed by atoms with van der Waals surface area (Å²) in [5, 5.41) is 11.9. The monoisotopic (exact) mass is 291 g/mol. The third-order valence-electron chi connectivity index (χ3n) is 3.84. The molecule has 0 heterocycles. The van der Waals surface area contributed by atoms with Crippen LogP contribution in [-0.4, -0.2) is 29.6 Å². The Hall–Kier alpha value is -2.04. The van der Waals surface area contributed by atoms with Crippen molar-refractivity contribution in [1.29, 1.82) is 0 Å². The summed E-state index contributed by atoms with van der Waals surface area (Å²) in [5.74, 6) is -0.625. The highest BCUT2D eigenvalue weighted by Gasteiger charge is 2.27. The van der Waals surface area contributed by atoms with Gasteiger partial charge in [-0.3, -0.25) is 9.59 Å². The smallest absolute Gasteiger partial charge is 0.306 e. The number of carboxylic acids is 1. The zero-order valence-electron chi connectivity index (χ0n) is 12.2. The van der Waals surface area contributed by atoms with Gasteiger partial charge in [0.15, 0.2) is 6.61 Å². The van der Waals surface area contributed by atoms with Crippen molar-refractivity contribution in [2.45, 2.75) is 38.6 Å². The van der Waals surface area contributed by atoms with Gasteiger partial charge in [-0.25, -0.2) is 0 Å². The van der Waals surface area contributed by atoms with E-state index in [0.29, 0.717) is 18.6 Å². The number of amides is 1. The van der Waals surface area contributed by atoms with E-state index in [1.54, 1.807) is 0 Å². The molecular weight excluding hydrogens is 270 g/mol. The standard InChI is InChI=1S/C16H21NO4/c1-11-5-2-3-8-14(11)21-10-15(18)17-13-7-4-6-12(9-13)16(19)20/h2-3,5,8,12-13H,4,6-7,9-10H2,1H3,(H,17,18)(H,19,20). The summed E-state index contributed by atoms with van der Waals surface area (Å²) in [6, 6.07) is 7.46. The van der Waals surface area contributed by atoms with Gasteiger partial charge in [0.1, 0.15) is 5.75 Å². The van der Waals surface area contributed by atoms with E-state index < -0.39 is 5.97 Å². The van der Waals surface area contributed by atoms with Crippen molar-refractivity contribution < 1.29 is 19.4 Å². The highest BCUT2D eigenvalue weighted by Crippen LogP contribution is 2.24. The minimum Gasteiger partial charge on any atom is -0.484 e. The van der Waals surface area contributed by atoms with Gasteiger partial charge in [0.25, 0.3) is 5.91 Å². The highest BCUT2D eigenvalue weighted by molar-refractivity contribution is 5.78. The third kappa shape index (κ3) is 4.48. The zero-order chi connectivity index (χ0) is 15.2. The number of aliphatic carboxylic acids is 1. The topological polar surface area (TPSA) is 75.6 Å². The minimum atomic E-state index is -0.773. The molecule has 0 bridgehead atoms. The average Bonchev–Trinajstić information content (AvgIpc) is 2.46. The largest absolute Gasteiger partial charge is 0.484 e. The second-order valence-electron chi connectivity index (χ2n) is 5.52. The second-order valence-corrected chi connectivity index (χ2v) is 5.52. The molecule has 5 nitrogen and oxygen atoms in total. The first-order valence-corrected chi connectivity index (χ1v) is 7.27. The Balaban J connectivity index is 1.79. The van der Waals surface area contributed by atoms with Crippen molar-refractivity contribution in [3.63, 3.8) is 0 Å². The Kier molecular flexibility index (Phi) is 5.20. The van der Waals surface area contributed by atoms with Gasteiger partial charge in [0.05, 0.1) is 5.92 Å². The molecule has 2 rings (SSSR count). The fourth-order valence-corrected chi connectivity index (χ4v) is 2.68. The van der Waals surface area contributed by atoms with Gasteiger partial charge in [-0.05, 0) is 37.8 Å². The van der Waals surface area contributed by atoms with Crippen molar-refractivity contribution in [2.24, 2.45) is 5.92 Å². The van der Waals surface area contributed by atoms with E-state index >= 15 is 0 Å². The number of ether oxygens (including phenoxy) is 1. The van der Waals surface area contributed by atoms with E-state index in [0.717, 1.165) is 18.4 Å². The fraction of sp³-hybridized carbons (Fsp3) is 0.500. The van der Waals surface area contributed by atoms with Crippen LogP contribution in [0.5, 0.6) is 5.75 Å². The molecule has 2 unspecified atom stereocenters. The van der Waals surface area contributed by atoms with Crippen LogP contribution in [0.1, 0.15) is 31.2 Å². The number of carbonyl (C=O) groups is 2. The molecule has 1 amide bonds. The van der Waals surface area contributed by atoms with Gasteiger partial charge in [-0.1, -0.05) is 24.6 Å². The fourth-order valence-electron chi connectivity index (χ4n) is 2.68. The van der Waals surface area contributed by atoms with Gasteiger partial charge in [0.2, 0.25) is 0 Å². The Bertz CT molecular complexity index is 515. The van der Waals surface area contributed by atoms with E-state index in [2.05, 4.69) is 5.32 Å². The van der Waals surface area contributed by atoms with Crippen molar-refractivity contribution in [3.8, 4) is 5.75 Å². The van der Waals surface area contributed by atoms with Gasteiger partial charge in [0, 0.05) is 6.04 Å². The maximum atomic E-state index is 11.9. The highest BCUT2D eigenvalue weighted by atomic mass is 16.5. The number of nitrogens with one attached hydrogen (secondary N) is 1. The quantitative estimate of drug-likeness (QED) is 0.871. The molecule has 1 aliphatic rings. The summed E-state index contributed by atoms with van der Waals surface area (Å²) in [6.45, 7) is 1.88. The first kappa shape index (κ1) is 15.4. The van der Waals surface area contributed by atoms with Crippen molar-refractivity contribution in [2.75, 3.05) is 6.61 Å². The lowest BCUT2D eigenvalue weighted by Crippen LogP contribution is -2.41. The summed E-state index contributed by atoms with van der Waals surface area (Å²) >= 11 is 0. The lowest BCUT2D eigenvalue weighted by atomic mass is 9.86. The number of benzene rings is 1. The number of hydrogen-bond donors (Lipinski definition) is 2. The molecule has 1 saturated carbocycles. The van der Waals surface area contributed by atoms with Crippen LogP contribution in [0.4, 0.5) is 0 Å². The Morgan fingerprint density at radius 1 is 1.33 bits per heavy atom. The molecule has 1 aromatic carbocycles. The van der Waals surface area contributed by atoms with Crippen LogP contribution in [0.3, 0.4) is 0 Å². The molecule has 21 heavy (non-hydrogen) atoms. The Morgan fingerprint density at radius 3 is 2.81 bits per heavy atom. The number of para-hydroxylation sites is 1. The zero-order valence-corrected chi connectivity index (χ0v) is 12.2. The van der Waals surface area contributed by atoms with Crippen LogP contribution < -0.4 is 10.1 Å². The maximum Gasteiger partial charge on any atom is 0.306 e. The molecule has 1 fully saturated rings. The van der Waals surface area contributed by atoms with Gasteiger partial charge < -0.3 is 15.2 Å². The van der Waals surface area contributed by atoms with E-state index in [1.165, 1.54) is 0 Å². The predicted molar refractivity (Wildman–Crippen MR) is 78.2 cm³/mol. The molecular formula is C16H21NO4. The van der Waals surface area contributed by atoms with Crippen LogP contribution in [0.2, 0.25) is 0 Å². The summed E-state index contributed by atoms with van der Waals surface area (Å²) in [4.78, 5) is 22.9. The first-order chi connectivity index (χ1) is 10.1. The van der Waals surface area contributed by atoms with E-state index in [1.807, 2.05) is 31.2 Å². The second kappa shape index (κ2) is 7.11. The first-order valence-electron chi connectivity index (χ1n) is 7.27. The molecule has 0 saturated heterocycles. The number of carboxylic acid groups (broad SMARTS) is 1. The maximum absolute atomic E-state index is 11.9. The summed E-state index contributed by atoms with van der Waals surface area (Å²) < 4.78 is 5.49. The number of carbonyl (C=O) groups excluding carboxylic acids is 1. The molecule has 0 aromatic heterocycles. The molecule has 0 radical (unpaired) electrons. The van der Waals surface area contributed by atoms with Gasteiger partial charge in [-0.2, -0.15) is 0 Å². The summed E-state index contributed by atoms with van der Waals surface area (Å²) in [6.07, 6.45) is 2.87. The number of aryl methyl sites for hydroxylation is 1. The normalized spacial score (nSPS) is 21.6. The van der Waals surface area contributed by atoms with E-state index in [4.69, 9.17) is 9.84 Å². The lowest BCUT2D eigenvalue weighted by molar-refractivity contribution is -0.143. The number of hydrogen-bond acceptors (Lipinski definition) is 3. The predicted octanol–water partition coefficient (Wildman–Crippen LogP) is 2.13. The Labute approximate surface area is 124 Å². The molecule has 0 spiro atoms. The van der Waals surface area contributed by atoms with Gasteiger partial charge in [-0.15, -0.1) is 0 Å². The van der Waals surface area contributed by atoms with Crippen LogP contribution >= 0.6 is 0 Å². The molecule has 1 aliphatic carbocycles. The molecule has 114 valence electrons. The van der Waals surface area contributed by atoms with E-state index in [9.17, 15) is 9.59 Å². The van der Waals surface area contributed by atoms with Crippen molar-refractivity contribution >= 4 is 11.9 Å². The van der Waals surface area contributed by atoms with Crippen LogP contribution in [-0.2, 0) is 9.59 Å². The van der Waals surface area contributed by atoms with Crippen LogP contribution in [0.15, 0.2) is 24.3 Å². The number of rotatable bonds is 5. The molecule has 2 atom stereocenters. The average molecular weight is 291 g/mol. The summed E-state index contributed by atoms with van der Waals surface area (Å²) in [5.41, 5.74) is 0.980.